The molecule has 0 aliphatic carbocycles. The van der Waals surface area contributed by atoms with Crippen LogP contribution in [0, 0.1) is 13.8 Å². The largest absolute Gasteiger partial charge is 0.496 e. The monoisotopic (exact) mass is 616 g/mol. The number of piperazine rings is 1. The van der Waals surface area contributed by atoms with Crippen LogP contribution in [0.3, 0.4) is 0 Å². The minimum atomic E-state index is -0.164. The predicted molar refractivity (Wildman–Crippen MR) is 173 cm³/mol. The number of benzene rings is 3. The van der Waals surface area contributed by atoms with Crippen molar-refractivity contribution in [3.05, 3.63) is 75.0 Å². The van der Waals surface area contributed by atoms with Crippen LogP contribution in [0.5, 0.6) is 34.5 Å². The Morgan fingerprint density at radius 2 is 1.29 bits per heavy atom. The van der Waals surface area contributed by atoms with Gasteiger partial charge in [-0.1, -0.05) is 30.3 Å². The van der Waals surface area contributed by atoms with Gasteiger partial charge in [-0.25, -0.2) is 0 Å². The maximum atomic E-state index is 6.51. The van der Waals surface area contributed by atoms with Gasteiger partial charge in [0.25, 0.3) is 0 Å². The second kappa shape index (κ2) is 12.4. The second-order valence-electron chi connectivity index (χ2n) is 11.8. The lowest BCUT2D eigenvalue weighted by molar-refractivity contribution is 0.00715. The molecule has 0 spiro atoms. The van der Waals surface area contributed by atoms with Gasteiger partial charge in [0.05, 0.1) is 68.0 Å². The molecule has 1 fully saturated rings. The first-order valence-electron chi connectivity index (χ1n) is 15.3. The van der Waals surface area contributed by atoms with Gasteiger partial charge in [-0.05, 0) is 39.0 Å². The fourth-order valence-electron chi connectivity index (χ4n) is 7.77. The van der Waals surface area contributed by atoms with E-state index in [0.29, 0.717) is 30.5 Å². The molecule has 3 aromatic carbocycles. The van der Waals surface area contributed by atoms with Crippen LogP contribution >= 0.6 is 0 Å². The predicted octanol–water partition coefficient (Wildman–Crippen LogP) is 5.88. The minimum Gasteiger partial charge on any atom is -0.496 e. The van der Waals surface area contributed by atoms with Crippen LogP contribution in [0.2, 0.25) is 0 Å². The molecule has 240 valence electrons. The average molecular weight is 617 g/mol. The zero-order chi connectivity index (χ0) is 32.0. The molecule has 3 aromatic rings. The Hall–Kier alpha value is -4.08. The van der Waals surface area contributed by atoms with Crippen molar-refractivity contribution >= 4 is 6.08 Å². The maximum Gasteiger partial charge on any atom is 0.167 e. The first kappa shape index (κ1) is 30.9. The zero-order valence-electron chi connectivity index (χ0n) is 27.8. The lowest BCUT2D eigenvalue weighted by Gasteiger charge is -2.55. The molecule has 3 atom stereocenters. The van der Waals surface area contributed by atoms with Gasteiger partial charge in [-0.15, -0.1) is 0 Å². The van der Waals surface area contributed by atoms with Gasteiger partial charge in [0.2, 0.25) is 0 Å². The minimum absolute atomic E-state index is 0.131. The highest BCUT2D eigenvalue weighted by atomic mass is 16.5. The third kappa shape index (κ3) is 4.75. The van der Waals surface area contributed by atoms with Crippen LogP contribution in [0.4, 0.5) is 0 Å². The molecular weight excluding hydrogens is 572 g/mol. The van der Waals surface area contributed by atoms with E-state index in [1.54, 1.807) is 42.7 Å². The summed E-state index contributed by atoms with van der Waals surface area (Å²) in [7, 11) is 12.4. The SMILES string of the molecule is COc1c(C)c(OC)c(OC)c2c1C=C1[C@H]3c4c(c(OC)c(C)c(OC)c4OC)C[C@@H](CN1[C@H]2COCc1ccccc1)N3C. The number of hydrogen-bond acceptors (Lipinski definition) is 9. The van der Waals surface area contributed by atoms with E-state index >= 15 is 0 Å². The Balaban J connectivity index is 1.59. The zero-order valence-corrected chi connectivity index (χ0v) is 27.8. The Morgan fingerprint density at radius 1 is 0.711 bits per heavy atom. The van der Waals surface area contributed by atoms with E-state index in [0.717, 1.165) is 69.3 Å². The fourth-order valence-corrected chi connectivity index (χ4v) is 7.77. The molecule has 9 nitrogen and oxygen atoms in total. The summed E-state index contributed by atoms with van der Waals surface area (Å²) >= 11 is 0. The van der Waals surface area contributed by atoms with Crippen LogP contribution < -0.4 is 28.4 Å². The third-order valence-corrected chi connectivity index (χ3v) is 9.73. The highest BCUT2D eigenvalue weighted by molar-refractivity contribution is 5.77. The Kier molecular flexibility index (Phi) is 8.50. The molecule has 3 aliphatic rings. The van der Waals surface area contributed by atoms with E-state index in [2.05, 4.69) is 35.1 Å². The summed E-state index contributed by atoms with van der Waals surface area (Å²) in [5, 5.41) is 0. The molecule has 0 unspecified atom stereocenters. The van der Waals surface area contributed by atoms with Crippen molar-refractivity contribution in [1.29, 1.82) is 0 Å². The lowest BCUT2D eigenvalue weighted by atomic mass is 9.77. The first-order valence-corrected chi connectivity index (χ1v) is 15.3. The average Bonchev–Trinajstić information content (AvgIpc) is 3.04. The normalized spacial score (nSPS) is 20.0. The molecule has 0 amide bonds. The number of fused-ring (bicyclic) bond motifs is 7. The number of methoxy groups -OCH3 is 6. The van der Waals surface area contributed by atoms with Crippen molar-refractivity contribution in [2.75, 3.05) is 62.9 Å². The van der Waals surface area contributed by atoms with E-state index in [1.165, 1.54) is 5.56 Å². The number of likely N-dealkylation sites (N-methyl/N-ethyl adjacent to an activating group) is 1. The van der Waals surface area contributed by atoms with Gasteiger partial charge >= 0.3 is 0 Å². The maximum absolute atomic E-state index is 6.51. The number of nitrogens with zero attached hydrogens (tertiary/aromatic N) is 2. The van der Waals surface area contributed by atoms with Crippen LogP contribution in [0.1, 0.15) is 51.0 Å². The van der Waals surface area contributed by atoms with Crippen molar-refractivity contribution < 1.29 is 33.2 Å². The topological polar surface area (TPSA) is 71.1 Å². The van der Waals surface area contributed by atoms with Gasteiger partial charge in [-0.2, -0.15) is 0 Å². The van der Waals surface area contributed by atoms with Crippen molar-refractivity contribution in [2.45, 2.75) is 45.0 Å². The first-order chi connectivity index (χ1) is 21.8. The standard InChI is InChI=1S/C36H44N2O7/c1-20-31(39-4)24-15-23-17-38-26(30(37(23)3)29(24)36(44-9)34(20)42-7)16-25-28(27(38)19-45-18-22-13-11-10-12-14-22)35(43-8)33(41-6)21(2)32(25)40-5/h10-14,16,23,27,30H,15,17-19H2,1-9H3/t23-,27-,30-/m0/s1. The fraction of sp³-hybridized carbons (Fsp3) is 0.444. The molecule has 45 heavy (non-hydrogen) atoms. The van der Waals surface area contributed by atoms with Crippen molar-refractivity contribution in [3.63, 3.8) is 0 Å². The summed E-state index contributed by atoms with van der Waals surface area (Å²) in [6.45, 7) is 5.77. The third-order valence-electron chi connectivity index (χ3n) is 9.73. The quantitative estimate of drug-likeness (QED) is 0.278. The van der Waals surface area contributed by atoms with Crippen molar-refractivity contribution in [1.82, 2.24) is 9.80 Å². The lowest BCUT2D eigenvalue weighted by Crippen LogP contribution is -2.57. The highest BCUT2D eigenvalue weighted by Gasteiger charge is 2.49. The van der Waals surface area contributed by atoms with Gasteiger partial charge in [0.1, 0.15) is 11.5 Å². The number of rotatable bonds is 10. The van der Waals surface area contributed by atoms with E-state index < -0.39 is 0 Å². The van der Waals surface area contributed by atoms with E-state index in [-0.39, 0.29) is 18.1 Å². The molecule has 0 saturated carbocycles. The smallest absolute Gasteiger partial charge is 0.167 e. The van der Waals surface area contributed by atoms with Gasteiger partial charge < -0.3 is 38.1 Å². The van der Waals surface area contributed by atoms with E-state index in [4.69, 9.17) is 33.2 Å². The Morgan fingerprint density at radius 3 is 1.89 bits per heavy atom. The summed E-state index contributed by atoms with van der Waals surface area (Å²) in [6, 6.07) is 10.2. The Bertz CT molecular complexity index is 1620. The van der Waals surface area contributed by atoms with Gasteiger partial charge in [0, 0.05) is 51.7 Å². The highest BCUT2D eigenvalue weighted by Crippen LogP contribution is 2.58. The summed E-state index contributed by atoms with van der Waals surface area (Å²) in [5.74, 6) is 4.42. The molecule has 2 bridgehead atoms. The number of hydrogen-bond donors (Lipinski definition) is 0. The van der Waals surface area contributed by atoms with Crippen molar-refractivity contribution in [3.8, 4) is 34.5 Å². The molecular formula is C36H44N2O7. The molecule has 9 heteroatoms. The second-order valence-corrected chi connectivity index (χ2v) is 11.8. The van der Waals surface area contributed by atoms with Crippen molar-refractivity contribution in [2.24, 2.45) is 0 Å². The molecule has 6 rings (SSSR count). The summed E-state index contributed by atoms with van der Waals surface area (Å²) in [5.41, 5.74) is 8.28. The molecule has 3 aliphatic heterocycles. The molecule has 0 radical (unpaired) electrons. The van der Waals surface area contributed by atoms with Gasteiger partial charge in [-0.3, -0.25) is 4.90 Å². The number of ether oxygens (including phenoxy) is 7. The van der Waals surface area contributed by atoms with Crippen LogP contribution in [-0.4, -0.2) is 78.7 Å². The molecule has 3 heterocycles. The Labute approximate surface area is 266 Å². The molecule has 0 aromatic heterocycles. The van der Waals surface area contributed by atoms with Crippen LogP contribution in [0.15, 0.2) is 36.0 Å². The molecule has 1 saturated heterocycles. The van der Waals surface area contributed by atoms with Crippen LogP contribution in [0.25, 0.3) is 6.08 Å². The molecule has 0 N–H and O–H groups in total. The van der Waals surface area contributed by atoms with Crippen LogP contribution in [-0.2, 0) is 17.8 Å². The van der Waals surface area contributed by atoms with E-state index in [1.807, 2.05) is 32.0 Å². The van der Waals surface area contributed by atoms with E-state index in [9.17, 15) is 0 Å². The summed E-state index contributed by atoms with van der Waals surface area (Å²) in [4.78, 5) is 4.94. The summed E-state index contributed by atoms with van der Waals surface area (Å²) in [6.07, 6.45) is 3.06. The van der Waals surface area contributed by atoms with Gasteiger partial charge in [0.15, 0.2) is 23.0 Å². The summed E-state index contributed by atoms with van der Waals surface area (Å²) < 4.78 is 42.8.